The fraction of sp³-hybridized carbons (Fsp3) is 0.167. The zero-order chi connectivity index (χ0) is 23.8. The molecule has 0 aliphatic rings. The van der Waals surface area contributed by atoms with Crippen LogP contribution in [0.2, 0.25) is 0 Å². The van der Waals surface area contributed by atoms with Crippen LogP contribution in [-0.2, 0) is 21.2 Å². The third-order valence-corrected chi connectivity index (χ3v) is 6.04. The third-order valence-electron chi connectivity index (χ3n) is 4.66. The second kappa shape index (κ2) is 10.6. The third kappa shape index (κ3) is 6.56. The van der Waals surface area contributed by atoms with Crippen molar-refractivity contribution in [3.63, 3.8) is 0 Å². The van der Waals surface area contributed by atoms with Crippen molar-refractivity contribution in [2.45, 2.75) is 24.7 Å². The Balaban J connectivity index is 1.90. The lowest BCUT2D eigenvalue weighted by Crippen LogP contribution is -2.23. The summed E-state index contributed by atoms with van der Waals surface area (Å²) >= 11 is 0. The molecule has 0 saturated carbocycles. The molecule has 0 saturated heterocycles. The molecule has 3 rings (SSSR count). The van der Waals surface area contributed by atoms with E-state index < -0.39 is 16.0 Å². The van der Waals surface area contributed by atoms with Crippen molar-refractivity contribution >= 4 is 27.6 Å². The van der Waals surface area contributed by atoms with Crippen molar-refractivity contribution in [1.29, 1.82) is 0 Å². The molecule has 3 N–H and O–H groups in total. The number of hydrogen-bond acceptors (Lipinski definition) is 5. The van der Waals surface area contributed by atoms with Crippen molar-refractivity contribution in [2.75, 3.05) is 11.3 Å². The first-order valence-electron chi connectivity index (χ1n) is 10.3. The minimum absolute atomic E-state index is 0.0207. The highest BCUT2D eigenvalue weighted by Gasteiger charge is 2.18. The predicted molar refractivity (Wildman–Crippen MR) is 124 cm³/mol. The average Bonchev–Trinajstić information content (AvgIpc) is 2.80. The molecule has 0 radical (unpaired) electrons. The van der Waals surface area contributed by atoms with Crippen LogP contribution in [0.15, 0.2) is 77.7 Å². The van der Waals surface area contributed by atoms with Crippen LogP contribution in [0.1, 0.15) is 29.3 Å². The molecular formula is C24H24N2O6S. The second-order valence-electron chi connectivity index (χ2n) is 7.13. The molecule has 33 heavy (non-hydrogen) atoms. The summed E-state index contributed by atoms with van der Waals surface area (Å²) < 4.78 is 34.1. The molecule has 0 atom stereocenters. The molecule has 0 aromatic heterocycles. The van der Waals surface area contributed by atoms with Crippen LogP contribution in [0.25, 0.3) is 0 Å². The zero-order valence-electron chi connectivity index (χ0n) is 17.9. The van der Waals surface area contributed by atoms with Gasteiger partial charge in [0.2, 0.25) is 0 Å². The average molecular weight is 469 g/mol. The minimum atomic E-state index is -3.92. The molecule has 8 nitrogen and oxygen atoms in total. The smallest absolute Gasteiger partial charge is 0.303 e. The van der Waals surface area contributed by atoms with Crippen molar-refractivity contribution in [2.24, 2.45) is 0 Å². The molecule has 1 amide bonds. The van der Waals surface area contributed by atoms with Gasteiger partial charge in [0, 0.05) is 18.5 Å². The molecule has 0 aliphatic heterocycles. The Hall–Kier alpha value is -3.85. The molecule has 0 aliphatic carbocycles. The summed E-state index contributed by atoms with van der Waals surface area (Å²) in [5, 5.41) is 11.5. The molecule has 3 aromatic carbocycles. The molecule has 0 bridgehead atoms. The number of ether oxygens (including phenoxy) is 1. The first kappa shape index (κ1) is 23.8. The normalized spacial score (nSPS) is 10.9. The van der Waals surface area contributed by atoms with E-state index in [0.717, 1.165) is 5.56 Å². The van der Waals surface area contributed by atoms with Gasteiger partial charge in [0.25, 0.3) is 15.9 Å². The van der Waals surface area contributed by atoms with Gasteiger partial charge in [0.1, 0.15) is 5.75 Å². The fourth-order valence-corrected chi connectivity index (χ4v) is 4.09. The summed E-state index contributed by atoms with van der Waals surface area (Å²) in [7, 11) is -3.92. The van der Waals surface area contributed by atoms with E-state index in [4.69, 9.17) is 9.84 Å². The van der Waals surface area contributed by atoms with E-state index in [1.165, 1.54) is 24.3 Å². The number of anilines is 1. The van der Waals surface area contributed by atoms with Crippen LogP contribution in [0.3, 0.4) is 0 Å². The Morgan fingerprint density at radius 3 is 2.30 bits per heavy atom. The van der Waals surface area contributed by atoms with Crippen LogP contribution >= 0.6 is 0 Å². The highest BCUT2D eigenvalue weighted by molar-refractivity contribution is 7.92. The number of carbonyl (C=O) groups excluding carboxylic acids is 1. The Labute approximate surface area is 192 Å². The Kier molecular flexibility index (Phi) is 7.68. The number of carboxylic acids is 1. The molecule has 0 unspecified atom stereocenters. The molecular weight excluding hydrogens is 444 g/mol. The van der Waals surface area contributed by atoms with Gasteiger partial charge < -0.3 is 15.2 Å². The van der Waals surface area contributed by atoms with E-state index in [9.17, 15) is 18.0 Å². The molecule has 172 valence electrons. The van der Waals surface area contributed by atoms with E-state index in [2.05, 4.69) is 10.0 Å². The first-order chi connectivity index (χ1) is 15.8. The topological polar surface area (TPSA) is 122 Å². The molecule has 3 aromatic rings. The Bertz CT molecular complexity index is 1230. The summed E-state index contributed by atoms with van der Waals surface area (Å²) in [5.41, 5.74) is 1.22. The number of amides is 1. The predicted octanol–water partition coefficient (Wildman–Crippen LogP) is 4.05. The van der Waals surface area contributed by atoms with Crippen LogP contribution < -0.4 is 14.8 Å². The number of nitrogens with one attached hydrogen (secondary N) is 2. The number of rotatable bonds is 10. The number of carboxylic acid groups (broad SMARTS) is 1. The summed E-state index contributed by atoms with van der Waals surface area (Å²) in [6.07, 6.45) is 0.409. The van der Waals surface area contributed by atoms with Gasteiger partial charge in [0.05, 0.1) is 10.6 Å². The number of aliphatic carboxylic acids is 1. The van der Waals surface area contributed by atoms with Gasteiger partial charge in [-0.3, -0.25) is 14.3 Å². The van der Waals surface area contributed by atoms with Crippen molar-refractivity contribution in [1.82, 2.24) is 5.32 Å². The van der Waals surface area contributed by atoms with Crippen LogP contribution in [-0.4, -0.2) is 31.9 Å². The number of hydrogen-bond donors (Lipinski definition) is 3. The van der Waals surface area contributed by atoms with Gasteiger partial charge in [-0.1, -0.05) is 30.3 Å². The summed E-state index contributed by atoms with van der Waals surface area (Å²) in [6.45, 7) is 2.21. The quantitative estimate of drug-likeness (QED) is 0.413. The Morgan fingerprint density at radius 2 is 1.67 bits per heavy atom. The van der Waals surface area contributed by atoms with Gasteiger partial charge in [-0.15, -0.1) is 0 Å². The second-order valence-corrected chi connectivity index (χ2v) is 8.81. The summed E-state index contributed by atoms with van der Waals surface area (Å²) in [6, 6.07) is 19.2. The zero-order valence-corrected chi connectivity index (χ0v) is 18.8. The van der Waals surface area contributed by atoms with Gasteiger partial charge in [0.15, 0.2) is 5.75 Å². The number of carbonyl (C=O) groups is 2. The van der Waals surface area contributed by atoms with E-state index in [1.807, 2.05) is 0 Å². The van der Waals surface area contributed by atoms with Gasteiger partial charge in [-0.05, 0) is 61.4 Å². The molecule has 0 spiro atoms. The SMILES string of the molecule is CCNC(=O)c1ccc(Oc2ccc(CCC(=O)O)cc2)c(NS(=O)(=O)c2ccccc2)c1. The number of aryl methyl sites for hydroxylation is 1. The van der Waals surface area contributed by atoms with E-state index in [-0.39, 0.29) is 34.2 Å². The Morgan fingerprint density at radius 1 is 0.970 bits per heavy atom. The fourth-order valence-electron chi connectivity index (χ4n) is 3.01. The summed E-state index contributed by atoms with van der Waals surface area (Å²) in [5.74, 6) is -0.578. The lowest BCUT2D eigenvalue weighted by Gasteiger charge is -2.15. The highest BCUT2D eigenvalue weighted by atomic mass is 32.2. The highest BCUT2D eigenvalue weighted by Crippen LogP contribution is 2.32. The van der Waals surface area contributed by atoms with Crippen molar-refractivity contribution in [3.05, 3.63) is 83.9 Å². The maximum absolute atomic E-state index is 12.9. The van der Waals surface area contributed by atoms with E-state index in [0.29, 0.717) is 18.7 Å². The lowest BCUT2D eigenvalue weighted by molar-refractivity contribution is -0.136. The number of sulfonamides is 1. The van der Waals surface area contributed by atoms with E-state index >= 15 is 0 Å². The molecule has 0 heterocycles. The van der Waals surface area contributed by atoms with Gasteiger partial charge >= 0.3 is 5.97 Å². The monoisotopic (exact) mass is 468 g/mol. The molecule has 9 heteroatoms. The maximum atomic E-state index is 12.9. The standard InChI is InChI=1S/C24H24N2O6S/c1-2-25-24(29)18-11-14-22(32-19-12-8-17(9-13-19)10-15-23(27)28)21(16-18)26-33(30,31)20-6-4-3-5-7-20/h3-9,11-14,16,26H,2,10,15H2,1H3,(H,25,29)(H,27,28). The van der Waals surface area contributed by atoms with E-state index in [1.54, 1.807) is 55.5 Å². The first-order valence-corrected chi connectivity index (χ1v) is 11.8. The van der Waals surface area contributed by atoms with Crippen molar-refractivity contribution in [3.8, 4) is 11.5 Å². The number of benzene rings is 3. The van der Waals surface area contributed by atoms with Gasteiger partial charge in [-0.2, -0.15) is 0 Å². The largest absolute Gasteiger partial charge is 0.481 e. The van der Waals surface area contributed by atoms with Crippen molar-refractivity contribution < 1.29 is 27.9 Å². The maximum Gasteiger partial charge on any atom is 0.303 e. The molecule has 0 fully saturated rings. The minimum Gasteiger partial charge on any atom is -0.481 e. The lowest BCUT2D eigenvalue weighted by atomic mass is 10.1. The summed E-state index contributed by atoms with van der Waals surface area (Å²) in [4.78, 5) is 23.1. The van der Waals surface area contributed by atoms with Crippen LogP contribution in [0.4, 0.5) is 5.69 Å². The van der Waals surface area contributed by atoms with Gasteiger partial charge in [-0.25, -0.2) is 8.42 Å². The van der Waals surface area contributed by atoms with Crippen LogP contribution in [0.5, 0.6) is 11.5 Å². The van der Waals surface area contributed by atoms with Crippen LogP contribution in [0, 0.1) is 0 Å².